The highest BCUT2D eigenvalue weighted by Crippen LogP contribution is 2.38. The van der Waals surface area contributed by atoms with Gasteiger partial charge in [0.25, 0.3) is 0 Å². The van der Waals surface area contributed by atoms with Crippen LogP contribution in [0.1, 0.15) is 11.6 Å². The average Bonchev–Trinajstić information content (AvgIpc) is 2.27. The lowest BCUT2D eigenvalue weighted by atomic mass is 10.0. The minimum atomic E-state index is -1.67. The van der Waals surface area contributed by atoms with Crippen molar-refractivity contribution >= 4 is 5.97 Å². The largest absolute Gasteiger partial charge is 0.492 e. The summed E-state index contributed by atoms with van der Waals surface area (Å²) >= 11 is 0. The Morgan fingerprint density at radius 1 is 1.29 bits per heavy atom. The summed E-state index contributed by atoms with van der Waals surface area (Å²) in [5, 5.41) is 8.73. The van der Waals surface area contributed by atoms with Gasteiger partial charge >= 0.3 is 5.97 Å². The summed E-state index contributed by atoms with van der Waals surface area (Å²) in [6.07, 6.45) is 0. The molecule has 0 aliphatic carbocycles. The van der Waals surface area contributed by atoms with Crippen molar-refractivity contribution in [2.45, 2.75) is 6.04 Å². The number of methoxy groups -OCH3 is 2. The quantitative estimate of drug-likeness (QED) is 0.831. The van der Waals surface area contributed by atoms with Crippen molar-refractivity contribution in [3.63, 3.8) is 0 Å². The summed E-state index contributed by atoms with van der Waals surface area (Å²) in [6.45, 7) is 0. The van der Waals surface area contributed by atoms with Crippen molar-refractivity contribution in [1.82, 2.24) is 0 Å². The summed E-state index contributed by atoms with van der Waals surface area (Å²) < 4.78 is 36.2. The molecule has 1 unspecified atom stereocenters. The second-order valence-corrected chi connectivity index (χ2v) is 3.14. The van der Waals surface area contributed by atoms with Crippen LogP contribution in [-0.2, 0) is 4.79 Å². The number of benzene rings is 1. The highest BCUT2D eigenvalue weighted by Gasteiger charge is 2.28. The van der Waals surface area contributed by atoms with Crippen molar-refractivity contribution in [1.29, 1.82) is 0 Å². The predicted octanol–water partition coefficient (Wildman–Crippen LogP) is 1.07. The molecule has 0 saturated heterocycles. The highest BCUT2D eigenvalue weighted by atomic mass is 19.1. The number of aliphatic carboxylic acids is 1. The Hall–Kier alpha value is -1.89. The van der Waals surface area contributed by atoms with E-state index in [2.05, 4.69) is 4.74 Å². The van der Waals surface area contributed by atoms with Crippen LogP contribution in [0.5, 0.6) is 11.5 Å². The maximum absolute atomic E-state index is 13.5. The summed E-state index contributed by atoms with van der Waals surface area (Å²) in [5.41, 5.74) is 4.83. The van der Waals surface area contributed by atoms with Gasteiger partial charge in [-0.25, -0.2) is 8.78 Å². The normalized spacial score (nSPS) is 12.1. The number of carboxylic acid groups (broad SMARTS) is 1. The molecule has 0 fully saturated rings. The number of carbonyl (C=O) groups is 1. The first-order chi connectivity index (χ1) is 7.93. The topological polar surface area (TPSA) is 81.8 Å². The molecule has 17 heavy (non-hydrogen) atoms. The molecule has 0 aliphatic rings. The van der Waals surface area contributed by atoms with E-state index >= 15 is 0 Å². The van der Waals surface area contributed by atoms with E-state index in [1.807, 2.05) is 0 Å². The lowest BCUT2D eigenvalue weighted by Crippen LogP contribution is -2.23. The van der Waals surface area contributed by atoms with E-state index in [0.29, 0.717) is 6.07 Å². The first-order valence-corrected chi connectivity index (χ1v) is 4.52. The molecule has 1 aromatic rings. The third kappa shape index (κ3) is 2.28. The van der Waals surface area contributed by atoms with Gasteiger partial charge < -0.3 is 20.3 Å². The van der Waals surface area contributed by atoms with Gasteiger partial charge in [-0.05, 0) is 0 Å². The van der Waals surface area contributed by atoms with E-state index < -0.39 is 29.2 Å². The fourth-order valence-electron chi connectivity index (χ4n) is 1.40. The van der Waals surface area contributed by atoms with E-state index in [4.69, 9.17) is 15.6 Å². The number of nitrogens with two attached hydrogens (primary N) is 1. The third-order valence-electron chi connectivity index (χ3n) is 2.16. The molecule has 1 aromatic carbocycles. The molecule has 0 saturated carbocycles. The summed E-state index contributed by atoms with van der Waals surface area (Å²) in [7, 11) is 2.28. The molecule has 0 heterocycles. The molecular formula is C10H11F2NO4. The monoisotopic (exact) mass is 247 g/mol. The first-order valence-electron chi connectivity index (χ1n) is 4.52. The molecule has 5 nitrogen and oxygen atoms in total. The van der Waals surface area contributed by atoms with Gasteiger partial charge in [0.1, 0.15) is 11.9 Å². The van der Waals surface area contributed by atoms with Gasteiger partial charge in [0, 0.05) is 6.07 Å². The summed E-state index contributed by atoms with van der Waals surface area (Å²) in [5.74, 6) is -4.31. The highest BCUT2D eigenvalue weighted by molar-refractivity contribution is 5.77. The lowest BCUT2D eigenvalue weighted by Gasteiger charge is -2.16. The van der Waals surface area contributed by atoms with Crippen LogP contribution < -0.4 is 15.2 Å². The van der Waals surface area contributed by atoms with Crippen LogP contribution in [0.2, 0.25) is 0 Å². The standard InChI is InChI=1S/C10H11F2NO4/c1-16-8-5(12)3-4(11)6(9(8)17-2)7(13)10(14)15/h3,7H,13H2,1-2H3,(H,14,15). The van der Waals surface area contributed by atoms with E-state index in [1.165, 1.54) is 0 Å². The minimum Gasteiger partial charge on any atom is -0.492 e. The van der Waals surface area contributed by atoms with E-state index in [9.17, 15) is 13.6 Å². The van der Waals surface area contributed by atoms with Gasteiger partial charge in [-0.1, -0.05) is 0 Å². The van der Waals surface area contributed by atoms with Crippen molar-refractivity contribution < 1.29 is 28.2 Å². The SMILES string of the molecule is COc1c(F)cc(F)c(C(N)C(=O)O)c1OC. The van der Waals surface area contributed by atoms with Crippen LogP contribution in [0.4, 0.5) is 8.78 Å². The van der Waals surface area contributed by atoms with Gasteiger partial charge in [0.2, 0.25) is 0 Å². The molecule has 0 radical (unpaired) electrons. The predicted molar refractivity (Wildman–Crippen MR) is 54.0 cm³/mol. The smallest absolute Gasteiger partial charge is 0.325 e. The number of hydrogen-bond acceptors (Lipinski definition) is 4. The fourth-order valence-corrected chi connectivity index (χ4v) is 1.40. The molecule has 7 heteroatoms. The maximum Gasteiger partial charge on any atom is 0.325 e. The zero-order valence-corrected chi connectivity index (χ0v) is 9.16. The molecule has 0 spiro atoms. The van der Waals surface area contributed by atoms with Gasteiger partial charge in [-0.3, -0.25) is 4.79 Å². The Labute approximate surface area is 95.7 Å². The van der Waals surface area contributed by atoms with E-state index in [-0.39, 0.29) is 11.5 Å². The van der Waals surface area contributed by atoms with Crippen LogP contribution in [0, 0.1) is 11.6 Å². The van der Waals surface area contributed by atoms with Crippen molar-refractivity contribution in [2.24, 2.45) is 5.73 Å². The van der Waals surface area contributed by atoms with Crippen LogP contribution in [-0.4, -0.2) is 25.3 Å². The Morgan fingerprint density at radius 3 is 2.24 bits per heavy atom. The van der Waals surface area contributed by atoms with E-state index in [0.717, 1.165) is 14.2 Å². The zero-order valence-electron chi connectivity index (χ0n) is 9.16. The van der Waals surface area contributed by atoms with Gasteiger partial charge in [-0.2, -0.15) is 0 Å². The van der Waals surface area contributed by atoms with Gasteiger partial charge in [-0.15, -0.1) is 0 Å². The molecule has 94 valence electrons. The Balaban J connectivity index is 3.52. The van der Waals surface area contributed by atoms with Crippen LogP contribution in [0.3, 0.4) is 0 Å². The van der Waals surface area contributed by atoms with Crippen LogP contribution in [0.15, 0.2) is 6.07 Å². The summed E-state index contributed by atoms with van der Waals surface area (Å²) in [6, 6.07) is -1.17. The molecule has 3 N–H and O–H groups in total. The number of halogens is 2. The van der Waals surface area contributed by atoms with Crippen molar-refractivity contribution in [3.8, 4) is 11.5 Å². The van der Waals surface area contributed by atoms with Crippen molar-refractivity contribution in [3.05, 3.63) is 23.3 Å². The fraction of sp³-hybridized carbons (Fsp3) is 0.300. The van der Waals surface area contributed by atoms with Crippen LogP contribution in [0.25, 0.3) is 0 Å². The van der Waals surface area contributed by atoms with Gasteiger partial charge in [0.15, 0.2) is 17.3 Å². The third-order valence-corrected chi connectivity index (χ3v) is 2.16. The molecule has 0 amide bonds. The molecular weight excluding hydrogens is 236 g/mol. The van der Waals surface area contributed by atoms with Crippen LogP contribution >= 0.6 is 0 Å². The molecule has 1 rings (SSSR count). The molecule has 0 aromatic heterocycles. The Bertz CT molecular complexity index is 450. The lowest BCUT2D eigenvalue weighted by molar-refractivity contribution is -0.138. The Kier molecular flexibility index (Phi) is 3.84. The van der Waals surface area contributed by atoms with Crippen molar-refractivity contribution in [2.75, 3.05) is 14.2 Å². The second-order valence-electron chi connectivity index (χ2n) is 3.14. The van der Waals surface area contributed by atoms with Gasteiger partial charge in [0.05, 0.1) is 19.8 Å². The first kappa shape index (κ1) is 13.2. The summed E-state index contributed by atoms with van der Waals surface area (Å²) in [4.78, 5) is 10.7. The zero-order chi connectivity index (χ0) is 13.2. The van der Waals surface area contributed by atoms with E-state index in [1.54, 1.807) is 0 Å². The number of carboxylic acids is 1. The number of rotatable bonds is 4. The Morgan fingerprint density at radius 2 is 1.82 bits per heavy atom. The number of ether oxygens (including phenoxy) is 2. The average molecular weight is 247 g/mol. The minimum absolute atomic E-state index is 0.361. The molecule has 0 aliphatic heterocycles. The number of hydrogen-bond donors (Lipinski definition) is 2. The maximum atomic E-state index is 13.5. The second kappa shape index (κ2) is 4.96. The molecule has 1 atom stereocenters. The molecule has 0 bridgehead atoms.